The van der Waals surface area contributed by atoms with Gasteiger partial charge in [-0.3, -0.25) is 9.79 Å². The van der Waals surface area contributed by atoms with Gasteiger partial charge in [0.05, 0.1) is 25.0 Å². The maximum atomic E-state index is 13.0. The van der Waals surface area contributed by atoms with Crippen molar-refractivity contribution in [1.82, 2.24) is 5.32 Å². The fourth-order valence-electron chi connectivity index (χ4n) is 4.80. The number of hydrogen-bond donors (Lipinski definition) is 2. The van der Waals surface area contributed by atoms with Crippen LogP contribution < -0.4 is 14.8 Å². The minimum absolute atomic E-state index is 0.0293. The number of nitrogens with zero attached hydrogens (tertiary/aromatic N) is 1. The standard InChI is InChI=1S/C25H26F2N2O4/c1-32-21-12-19-17(11-22(21)33-25(26)27)18-10-16(30)8-9-20(18)29-23(19)13-2-4-14(5-3-13)24(31)28-15-6-7-15/h2-5,11-12,15-16,18,20,25,30H,6-10H2,1H3,(H,28,31)/t16-,18-,20-/m0/s1. The van der Waals surface area contributed by atoms with Gasteiger partial charge in [0.15, 0.2) is 11.5 Å². The molecule has 0 aromatic heterocycles. The molecule has 1 amide bonds. The van der Waals surface area contributed by atoms with Crippen LogP contribution in [0.5, 0.6) is 11.5 Å². The number of nitrogens with one attached hydrogen (secondary N) is 1. The molecule has 0 spiro atoms. The van der Waals surface area contributed by atoms with Gasteiger partial charge in [-0.05, 0) is 61.9 Å². The van der Waals surface area contributed by atoms with E-state index in [2.05, 4.69) is 5.32 Å². The SMILES string of the molecule is COc1cc2c(cc1OC(F)F)[C@@H]1C[C@@H](O)CC[C@@H]1N=C2c1ccc(C(=O)NC2CC2)cc1. The van der Waals surface area contributed by atoms with Crippen LogP contribution in [0.15, 0.2) is 41.4 Å². The molecule has 33 heavy (non-hydrogen) atoms. The third-order valence-electron chi connectivity index (χ3n) is 6.62. The van der Waals surface area contributed by atoms with E-state index in [1.165, 1.54) is 7.11 Å². The third-order valence-corrected chi connectivity index (χ3v) is 6.62. The predicted molar refractivity (Wildman–Crippen MR) is 119 cm³/mol. The van der Waals surface area contributed by atoms with Crippen molar-refractivity contribution in [2.45, 2.75) is 62.8 Å². The summed E-state index contributed by atoms with van der Waals surface area (Å²) in [6, 6.07) is 10.8. The van der Waals surface area contributed by atoms with Crippen LogP contribution in [0, 0.1) is 0 Å². The molecule has 2 aromatic rings. The molecule has 6 nitrogen and oxygen atoms in total. The maximum Gasteiger partial charge on any atom is 0.387 e. The zero-order valence-electron chi connectivity index (χ0n) is 18.3. The van der Waals surface area contributed by atoms with Crippen molar-refractivity contribution in [2.24, 2.45) is 4.99 Å². The maximum absolute atomic E-state index is 13.0. The summed E-state index contributed by atoms with van der Waals surface area (Å²) in [6.45, 7) is -2.98. The van der Waals surface area contributed by atoms with Gasteiger partial charge in [0.1, 0.15) is 0 Å². The lowest BCUT2D eigenvalue weighted by Crippen LogP contribution is -2.34. The first kappa shape index (κ1) is 21.8. The molecule has 3 atom stereocenters. The molecule has 174 valence electrons. The van der Waals surface area contributed by atoms with Crippen LogP contribution in [0.3, 0.4) is 0 Å². The molecular formula is C25H26F2N2O4. The summed E-state index contributed by atoms with van der Waals surface area (Å²) in [5.74, 6) is -0.0238. The summed E-state index contributed by atoms with van der Waals surface area (Å²) < 4.78 is 36.1. The Balaban J connectivity index is 1.54. The van der Waals surface area contributed by atoms with E-state index in [1.54, 1.807) is 24.3 Å². The van der Waals surface area contributed by atoms with Gasteiger partial charge in [0.2, 0.25) is 0 Å². The molecule has 1 aliphatic heterocycles. The number of fused-ring (bicyclic) bond motifs is 3. The lowest BCUT2D eigenvalue weighted by atomic mass is 9.74. The van der Waals surface area contributed by atoms with E-state index in [-0.39, 0.29) is 35.4 Å². The van der Waals surface area contributed by atoms with E-state index in [1.807, 2.05) is 12.1 Å². The van der Waals surface area contributed by atoms with Gasteiger partial charge < -0.3 is 19.9 Å². The van der Waals surface area contributed by atoms with E-state index >= 15 is 0 Å². The van der Waals surface area contributed by atoms with Crippen molar-refractivity contribution in [2.75, 3.05) is 7.11 Å². The van der Waals surface area contributed by atoms with E-state index in [4.69, 9.17) is 14.5 Å². The molecule has 1 heterocycles. The Hall–Kier alpha value is -3.00. The predicted octanol–water partition coefficient (Wildman–Crippen LogP) is 4.04. The number of benzene rings is 2. The Bertz CT molecular complexity index is 1080. The molecule has 0 saturated heterocycles. The number of halogens is 2. The van der Waals surface area contributed by atoms with Gasteiger partial charge in [-0.1, -0.05) is 12.1 Å². The van der Waals surface area contributed by atoms with Crippen molar-refractivity contribution in [1.29, 1.82) is 0 Å². The number of aliphatic hydroxyl groups excluding tert-OH is 1. The first-order valence-electron chi connectivity index (χ1n) is 11.3. The van der Waals surface area contributed by atoms with Crippen LogP contribution in [0.1, 0.15) is 65.1 Å². The Kier molecular flexibility index (Phi) is 5.78. The monoisotopic (exact) mass is 456 g/mol. The van der Waals surface area contributed by atoms with Crippen molar-refractivity contribution < 1.29 is 28.2 Å². The van der Waals surface area contributed by atoms with E-state index in [9.17, 15) is 18.7 Å². The first-order valence-corrected chi connectivity index (χ1v) is 11.3. The second-order valence-electron chi connectivity index (χ2n) is 8.91. The topological polar surface area (TPSA) is 80.2 Å². The zero-order chi connectivity index (χ0) is 23.1. The van der Waals surface area contributed by atoms with Crippen LogP contribution in [0.25, 0.3) is 0 Å². The minimum Gasteiger partial charge on any atom is -0.493 e. The Morgan fingerprint density at radius 2 is 1.88 bits per heavy atom. The number of carbonyl (C=O) groups is 1. The van der Waals surface area contributed by atoms with Crippen molar-refractivity contribution in [3.63, 3.8) is 0 Å². The number of amides is 1. The molecule has 0 bridgehead atoms. The quantitative estimate of drug-likeness (QED) is 0.688. The Morgan fingerprint density at radius 3 is 2.55 bits per heavy atom. The van der Waals surface area contributed by atoms with Gasteiger partial charge in [-0.15, -0.1) is 0 Å². The first-order chi connectivity index (χ1) is 15.9. The normalized spacial score (nSPS) is 23.9. The molecule has 2 fully saturated rings. The molecule has 2 saturated carbocycles. The molecule has 8 heteroatoms. The summed E-state index contributed by atoms with van der Waals surface area (Å²) in [4.78, 5) is 17.4. The van der Waals surface area contributed by atoms with Crippen LogP contribution in [0.2, 0.25) is 0 Å². The molecule has 3 aliphatic rings. The Labute approximate surface area is 190 Å². The minimum atomic E-state index is -2.98. The summed E-state index contributed by atoms with van der Waals surface area (Å²) in [7, 11) is 1.40. The highest BCUT2D eigenvalue weighted by molar-refractivity contribution is 6.15. The number of methoxy groups -OCH3 is 1. The number of rotatable bonds is 6. The van der Waals surface area contributed by atoms with E-state index < -0.39 is 12.7 Å². The lowest BCUT2D eigenvalue weighted by Gasteiger charge is -2.37. The largest absolute Gasteiger partial charge is 0.493 e. The van der Waals surface area contributed by atoms with Crippen molar-refractivity contribution >= 4 is 11.6 Å². The van der Waals surface area contributed by atoms with E-state index in [0.29, 0.717) is 24.8 Å². The lowest BCUT2D eigenvalue weighted by molar-refractivity contribution is -0.0513. The highest BCUT2D eigenvalue weighted by atomic mass is 19.3. The fraction of sp³-hybridized carbons (Fsp3) is 0.440. The molecule has 0 radical (unpaired) electrons. The molecule has 5 rings (SSSR count). The molecule has 0 unspecified atom stereocenters. The molecule has 2 N–H and O–H groups in total. The van der Waals surface area contributed by atoms with Crippen molar-refractivity contribution in [3.05, 3.63) is 58.7 Å². The third kappa shape index (κ3) is 4.44. The van der Waals surface area contributed by atoms with Crippen LogP contribution in [-0.4, -0.2) is 48.6 Å². The highest BCUT2D eigenvalue weighted by Crippen LogP contribution is 2.45. The van der Waals surface area contributed by atoms with E-state index in [0.717, 1.165) is 35.2 Å². The Morgan fingerprint density at radius 1 is 1.12 bits per heavy atom. The van der Waals surface area contributed by atoms with Gasteiger partial charge in [-0.2, -0.15) is 8.78 Å². The summed E-state index contributed by atoms with van der Waals surface area (Å²) in [6.07, 6.45) is 3.44. The summed E-state index contributed by atoms with van der Waals surface area (Å²) >= 11 is 0. The number of ether oxygens (including phenoxy) is 2. The van der Waals surface area contributed by atoms with Crippen molar-refractivity contribution in [3.8, 4) is 11.5 Å². The van der Waals surface area contributed by atoms with Gasteiger partial charge in [0, 0.05) is 28.7 Å². The average Bonchev–Trinajstić information content (AvgIpc) is 3.62. The highest BCUT2D eigenvalue weighted by Gasteiger charge is 2.37. The second-order valence-corrected chi connectivity index (χ2v) is 8.91. The van der Waals surface area contributed by atoms with Crippen LogP contribution in [0.4, 0.5) is 8.78 Å². The number of carbonyl (C=O) groups excluding carboxylic acids is 1. The summed E-state index contributed by atoms with van der Waals surface area (Å²) in [5, 5.41) is 13.2. The molecule has 2 aromatic carbocycles. The van der Waals surface area contributed by atoms with Gasteiger partial charge >= 0.3 is 6.61 Å². The van der Waals surface area contributed by atoms with Crippen LogP contribution >= 0.6 is 0 Å². The van der Waals surface area contributed by atoms with Gasteiger partial charge in [-0.25, -0.2) is 0 Å². The zero-order valence-corrected chi connectivity index (χ0v) is 18.3. The number of alkyl halides is 2. The number of hydrogen-bond acceptors (Lipinski definition) is 5. The second kappa shape index (κ2) is 8.74. The summed E-state index contributed by atoms with van der Waals surface area (Å²) in [5.41, 5.74) is 3.71. The number of aliphatic imine (C=N–C) groups is 1. The average molecular weight is 456 g/mol. The van der Waals surface area contributed by atoms with Crippen LogP contribution in [-0.2, 0) is 0 Å². The fourth-order valence-corrected chi connectivity index (χ4v) is 4.80. The molecular weight excluding hydrogens is 430 g/mol. The number of aliphatic hydroxyl groups is 1. The van der Waals surface area contributed by atoms with Gasteiger partial charge in [0.25, 0.3) is 5.91 Å². The smallest absolute Gasteiger partial charge is 0.387 e. The molecule has 2 aliphatic carbocycles.